The molecule has 1 aromatic rings. The number of amides is 1. The second-order valence-corrected chi connectivity index (χ2v) is 6.41. The number of nitrogens with one attached hydrogen (secondary N) is 1. The molecule has 22 heavy (non-hydrogen) atoms. The van der Waals surface area contributed by atoms with Crippen LogP contribution in [0.3, 0.4) is 0 Å². The van der Waals surface area contributed by atoms with Crippen LogP contribution in [0, 0.1) is 0 Å². The number of hydrogen-bond donors (Lipinski definition) is 1. The van der Waals surface area contributed by atoms with Gasteiger partial charge in [0.1, 0.15) is 5.75 Å². The minimum Gasteiger partial charge on any atom is -0.494 e. The number of benzene rings is 1. The first-order chi connectivity index (χ1) is 10.4. The molecule has 5 heteroatoms. The van der Waals surface area contributed by atoms with E-state index in [1.807, 2.05) is 45.0 Å². The van der Waals surface area contributed by atoms with Crippen LogP contribution in [0.25, 0.3) is 0 Å². The average molecular weight is 328 g/mol. The van der Waals surface area contributed by atoms with Gasteiger partial charge in [0.2, 0.25) is 5.91 Å². The summed E-state index contributed by atoms with van der Waals surface area (Å²) in [6, 6.07) is 7.35. The summed E-state index contributed by atoms with van der Waals surface area (Å²) in [5.74, 6) is 1.36. The predicted molar refractivity (Wildman–Crippen MR) is 90.8 cm³/mol. The molecule has 0 unspecified atom stereocenters. The Labute approximate surface area is 138 Å². The first-order valence-corrected chi connectivity index (χ1v) is 8.17. The van der Waals surface area contributed by atoms with Gasteiger partial charge < -0.3 is 14.8 Å². The molecular weight excluding hydrogens is 302 g/mol. The van der Waals surface area contributed by atoms with Crippen molar-refractivity contribution in [3.63, 3.8) is 0 Å². The summed E-state index contributed by atoms with van der Waals surface area (Å²) in [6.45, 7) is 7.20. The third-order valence-corrected chi connectivity index (χ3v) is 3.04. The van der Waals surface area contributed by atoms with Gasteiger partial charge in [0.15, 0.2) is 0 Å². The predicted octanol–water partition coefficient (Wildman–Crippen LogP) is 4.23. The molecule has 0 bridgehead atoms. The maximum absolute atomic E-state index is 11.8. The third kappa shape index (κ3) is 8.90. The molecule has 0 spiro atoms. The van der Waals surface area contributed by atoms with Crippen LogP contribution in [0.5, 0.6) is 5.75 Å². The highest BCUT2D eigenvalue weighted by Gasteiger charge is 2.10. The Kier molecular flexibility index (Phi) is 8.28. The van der Waals surface area contributed by atoms with E-state index in [4.69, 9.17) is 21.1 Å². The fourth-order valence-corrected chi connectivity index (χ4v) is 1.82. The smallest absolute Gasteiger partial charge is 0.224 e. The number of carbonyl (C=O) groups excluding carboxylic acids is 1. The molecule has 0 aliphatic rings. The van der Waals surface area contributed by atoms with Gasteiger partial charge in [0.05, 0.1) is 12.2 Å². The van der Waals surface area contributed by atoms with E-state index >= 15 is 0 Å². The van der Waals surface area contributed by atoms with Crippen molar-refractivity contribution in [1.82, 2.24) is 0 Å². The molecule has 0 heterocycles. The summed E-state index contributed by atoms with van der Waals surface area (Å²) in [4.78, 5) is 11.8. The zero-order chi connectivity index (χ0) is 16.4. The first-order valence-electron chi connectivity index (χ1n) is 7.63. The SMILES string of the molecule is CC(C)(C)OCCCC(=O)Nc1ccc(OCCCCl)cc1. The Morgan fingerprint density at radius 3 is 2.41 bits per heavy atom. The molecule has 0 aromatic heterocycles. The zero-order valence-electron chi connectivity index (χ0n) is 13.7. The van der Waals surface area contributed by atoms with Gasteiger partial charge in [-0.15, -0.1) is 11.6 Å². The Morgan fingerprint density at radius 2 is 1.82 bits per heavy atom. The molecular formula is C17H26ClNO3. The molecule has 1 rings (SSSR count). The molecule has 0 aliphatic heterocycles. The van der Waals surface area contributed by atoms with E-state index in [1.165, 1.54) is 0 Å². The van der Waals surface area contributed by atoms with Crippen molar-refractivity contribution in [2.45, 2.75) is 45.6 Å². The molecule has 1 N–H and O–H groups in total. The number of carbonyl (C=O) groups is 1. The van der Waals surface area contributed by atoms with Crippen LogP contribution in [-0.4, -0.2) is 30.6 Å². The van der Waals surface area contributed by atoms with Gasteiger partial charge in [0, 0.05) is 24.6 Å². The van der Waals surface area contributed by atoms with Gasteiger partial charge in [-0.3, -0.25) is 4.79 Å². The second-order valence-electron chi connectivity index (χ2n) is 6.03. The molecule has 1 amide bonds. The summed E-state index contributed by atoms with van der Waals surface area (Å²) < 4.78 is 11.1. The van der Waals surface area contributed by atoms with Crippen LogP contribution < -0.4 is 10.1 Å². The molecule has 0 aliphatic carbocycles. The highest BCUT2D eigenvalue weighted by molar-refractivity contribution is 6.17. The Bertz CT molecular complexity index is 440. The Balaban J connectivity index is 2.26. The normalized spacial score (nSPS) is 11.3. The molecule has 1 aromatic carbocycles. The summed E-state index contributed by atoms with van der Waals surface area (Å²) in [7, 11) is 0. The van der Waals surface area contributed by atoms with Gasteiger partial charge in [0.25, 0.3) is 0 Å². The summed E-state index contributed by atoms with van der Waals surface area (Å²) in [5.41, 5.74) is 0.613. The van der Waals surface area contributed by atoms with Gasteiger partial charge in [-0.25, -0.2) is 0 Å². The molecule has 0 radical (unpaired) electrons. The van der Waals surface area contributed by atoms with Crippen molar-refractivity contribution in [3.05, 3.63) is 24.3 Å². The molecule has 0 saturated heterocycles. The number of alkyl halides is 1. The number of anilines is 1. The van der Waals surface area contributed by atoms with Crippen molar-refractivity contribution in [2.24, 2.45) is 0 Å². The van der Waals surface area contributed by atoms with Gasteiger partial charge in [-0.05, 0) is 57.9 Å². The highest BCUT2D eigenvalue weighted by Crippen LogP contribution is 2.16. The lowest BCUT2D eigenvalue weighted by Gasteiger charge is -2.19. The van der Waals surface area contributed by atoms with Crippen LogP contribution in [0.4, 0.5) is 5.69 Å². The van der Waals surface area contributed by atoms with Crippen molar-refractivity contribution < 1.29 is 14.3 Å². The average Bonchev–Trinajstić information content (AvgIpc) is 2.45. The van der Waals surface area contributed by atoms with Crippen LogP contribution in [-0.2, 0) is 9.53 Å². The van der Waals surface area contributed by atoms with Crippen LogP contribution in [0.1, 0.15) is 40.0 Å². The lowest BCUT2D eigenvalue weighted by atomic mass is 10.2. The van der Waals surface area contributed by atoms with Crippen LogP contribution in [0.2, 0.25) is 0 Å². The van der Waals surface area contributed by atoms with Crippen LogP contribution in [0.15, 0.2) is 24.3 Å². The Hall–Kier alpha value is -1.26. The van der Waals surface area contributed by atoms with Crippen molar-refractivity contribution in [1.29, 1.82) is 0 Å². The first kappa shape index (κ1) is 18.8. The maximum Gasteiger partial charge on any atom is 0.224 e. The monoisotopic (exact) mass is 327 g/mol. The second kappa shape index (κ2) is 9.70. The topological polar surface area (TPSA) is 47.6 Å². The lowest BCUT2D eigenvalue weighted by molar-refractivity contribution is -0.116. The minimum absolute atomic E-state index is 0.00619. The number of hydrogen-bond acceptors (Lipinski definition) is 3. The largest absolute Gasteiger partial charge is 0.494 e. The van der Waals surface area contributed by atoms with Crippen molar-refractivity contribution >= 4 is 23.2 Å². The van der Waals surface area contributed by atoms with E-state index in [2.05, 4.69) is 5.32 Å². The van der Waals surface area contributed by atoms with E-state index in [1.54, 1.807) is 0 Å². The van der Waals surface area contributed by atoms with E-state index in [-0.39, 0.29) is 11.5 Å². The summed E-state index contributed by atoms with van der Waals surface area (Å²) in [5, 5.41) is 2.86. The number of halogens is 1. The van der Waals surface area contributed by atoms with E-state index < -0.39 is 0 Å². The number of ether oxygens (including phenoxy) is 2. The Morgan fingerprint density at radius 1 is 1.14 bits per heavy atom. The summed E-state index contributed by atoms with van der Waals surface area (Å²) >= 11 is 5.59. The van der Waals surface area contributed by atoms with E-state index in [0.29, 0.717) is 31.9 Å². The minimum atomic E-state index is -0.157. The lowest BCUT2D eigenvalue weighted by Crippen LogP contribution is -2.20. The maximum atomic E-state index is 11.8. The van der Waals surface area contributed by atoms with Crippen molar-refractivity contribution in [2.75, 3.05) is 24.4 Å². The number of rotatable bonds is 9. The van der Waals surface area contributed by atoms with Crippen LogP contribution >= 0.6 is 11.6 Å². The molecule has 124 valence electrons. The fourth-order valence-electron chi connectivity index (χ4n) is 1.71. The van der Waals surface area contributed by atoms with E-state index in [0.717, 1.165) is 17.9 Å². The van der Waals surface area contributed by atoms with Gasteiger partial charge >= 0.3 is 0 Å². The third-order valence-electron chi connectivity index (χ3n) is 2.77. The fraction of sp³-hybridized carbons (Fsp3) is 0.588. The standard InChI is InChI=1S/C17H26ClNO3/c1-17(2,3)22-13-4-6-16(20)19-14-7-9-15(10-8-14)21-12-5-11-18/h7-10H,4-6,11-13H2,1-3H3,(H,19,20). The molecule has 4 nitrogen and oxygen atoms in total. The highest BCUT2D eigenvalue weighted by atomic mass is 35.5. The van der Waals surface area contributed by atoms with E-state index in [9.17, 15) is 4.79 Å². The zero-order valence-corrected chi connectivity index (χ0v) is 14.4. The van der Waals surface area contributed by atoms with Gasteiger partial charge in [-0.1, -0.05) is 0 Å². The quantitative estimate of drug-likeness (QED) is 0.545. The summed E-state index contributed by atoms with van der Waals surface area (Å²) in [6.07, 6.45) is 1.98. The molecule has 0 atom stereocenters. The van der Waals surface area contributed by atoms with Gasteiger partial charge in [-0.2, -0.15) is 0 Å². The molecule has 0 saturated carbocycles. The van der Waals surface area contributed by atoms with Crippen molar-refractivity contribution in [3.8, 4) is 5.75 Å². The molecule has 0 fully saturated rings.